The SMILES string of the molecule is Cc1ccc(NC(=S)N[C@H](NC(=O)c2ccccc2F)C(Cl)(Cl)Cl)cc1C. The van der Waals surface area contributed by atoms with Crippen molar-refractivity contribution >= 4 is 63.7 Å². The first-order valence-corrected chi connectivity index (χ1v) is 9.39. The minimum absolute atomic E-state index is 0.128. The molecule has 0 aliphatic rings. The van der Waals surface area contributed by atoms with E-state index in [9.17, 15) is 9.18 Å². The van der Waals surface area contributed by atoms with Crippen molar-refractivity contribution in [3.63, 3.8) is 0 Å². The predicted octanol–water partition coefficient (Wildman–Crippen LogP) is 4.86. The molecule has 27 heavy (non-hydrogen) atoms. The highest BCUT2D eigenvalue weighted by Gasteiger charge is 2.35. The van der Waals surface area contributed by atoms with Gasteiger partial charge in [-0.2, -0.15) is 0 Å². The van der Waals surface area contributed by atoms with Gasteiger partial charge in [-0.1, -0.05) is 53.0 Å². The van der Waals surface area contributed by atoms with Gasteiger partial charge >= 0.3 is 0 Å². The van der Waals surface area contributed by atoms with E-state index < -0.39 is 21.7 Å². The third kappa shape index (κ3) is 6.21. The van der Waals surface area contributed by atoms with Crippen LogP contribution < -0.4 is 16.0 Å². The molecule has 4 nitrogen and oxygen atoms in total. The van der Waals surface area contributed by atoms with Crippen molar-refractivity contribution in [3.05, 3.63) is 65.0 Å². The van der Waals surface area contributed by atoms with Gasteiger partial charge in [0.25, 0.3) is 5.91 Å². The number of nitrogens with one attached hydrogen (secondary N) is 3. The Morgan fingerprint density at radius 1 is 1.07 bits per heavy atom. The maximum Gasteiger partial charge on any atom is 0.255 e. The summed E-state index contributed by atoms with van der Waals surface area (Å²) in [5.41, 5.74) is 2.77. The van der Waals surface area contributed by atoms with Crippen molar-refractivity contribution < 1.29 is 9.18 Å². The summed E-state index contributed by atoms with van der Waals surface area (Å²) < 4.78 is 11.9. The quantitative estimate of drug-likeness (QED) is 0.355. The van der Waals surface area contributed by atoms with Gasteiger partial charge in [-0.3, -0.25) is 4.79 Å². The summed E-state index contributed by atoms with van der Waals surface area (Å²) in [6.45, 7) is 3.96. The number of anilines is 1. The van der Waals surface area contributed by atoms with Crippen molar-refractivity contribution in [3.8, 4) is 0 Å². The smallest absolute Gasteiger partial charge is 0.255 e. The first-order valence-electron chi connectivity index (χ1n) is 7.85. The Kier molecular flexibility index (Phi) is 7.28. The number of thiocarbonyl (C=S) groups is 1. The molecule has 9 heteroatoms. The fourth-order valence-electron chi connectivity index (χ4n) is 2.17. The number of halogens is 4. The Morgan fingerprint density at radius 2 is 1.74 bits per heavy atom. The van der Waals surface area contributed by atoms with Gasteiger partial charge < -0.3 is 16.0 Å². The highest BCUT2D eigenvalue weighted by Crippen LogP contribution is 2.29. The summed E-state index contributed by atoms with van der Waals surface area (Å²) in [5.74, 6) is -1.43. The fraction of sp³-hybridized carbons (Fsp3) is 0.222. The van der Waals surface area contributed by atoms with Crippen molar-refractivity contribution in [2.45, 2.75) is 23.8 Å². The van der Waals surface area contributed by atoms with Crippen LogP contribution in [0.3, 0.4) is 0 Å². The van der Waals surface area contributed by atoms with Gasteiger partial charge in [-0.05, 0) is 61.5 Å². The lowest BCUT2D eigenvalue weighted by molar-refractivity contribution is 0.0930. The molecule has 2 aromatic carbocycles. The molecule has 0 bridgehead atoms. The number of alkyl halides is 3. The topological polar surface area (TPSA) is 53.2 Å². The zero-order valence-corrected chi connectivity index (χ0v) is 17.5. The standard InChI is InChI=1S/C18H17Cl3FN3OS/c1-10-7-8-12(9-11(10)2)23-17(27)25-16(18(19,20)21)24-15(26)13-5-3-4-6-14(13)22/h3-9,16H,1-2H3,(H,24,26)(H2,23,25,27)/t16-/m0/s1. The van der Waals surface area contributed by atoms with Crippen LogP contribution in [0.4, 0.5) is 10.1 Å². The molecule has 0 aliphatic heterocycles. The van der Waals surface area contributed by atoms with Crippen LogP contribution in [0.25, 0.3) is 0 Å². The van der Waals surface area contributed by atoms with Crippen LogP contribution in [0.1, 0.15) is 21.5 Å². The average Bonchev–Trinajstić information content (AvgIpc) is 2.57. The molecule has 0 spiro atoms. The number of amides is 1. The van der Waals surface area contributed by atoms with Crippen LogP contribution in [-0.2, 0) is 0 Å². The largest absolute Gasteiger partial charge is 0.339 e. The van der Waals surface area contributed by atoms with Crippen molar-refractivity contribution in [1.82, 2.24) is 10.6 Å². The summed E-state index contributed by atoms with van der Waals surface area (Å²) in [7, 11) is 0. The maximum absolute atomic E-state index is 13.8. The highest BCUT2D eigenvalue weighted by molar-refractivity contribution is 7.80. The van der Waals surface area contributed by atoms with Gasteiger partial charge in [0.15, 0.2) is 5.11 Å². The van der Waals surface area contributed by atoms with E-state index in [4.69, 9.17) is 47.0 Å². The normalized spacial score (nSPS) is 12.2. The van der Waals surface area contributed by atoms with E-state index in [0.717, 1.165) is 16.8 Å². The average molecular weight is 449 g/mol. The fourth-order valence-corrected chi connectivity index (χ4v) is 2.73. The zero-order chi connectivity index (χ0) is 20.2. The van der Waals surface area contributed by atoms with Gasteiger partial charge in [0, 0.05) is 5.69 Å². The van der Waals surface area contributed by atoms with Crippen LogP contribution in [0, 0.1) is 19.7 Å². The molecule has 0 radical (unpaired) electrons. The molecule has 3 N–H and O–H groups in total. The Balaban J connectivity index is 2.10. The van der Waals surface area contributed by atoms with Gasteiger partial charge in [-0.25, -0.2) is 4.39 Å². The van der Waals surface area contributed by atoms with Crippen LogP contribution >= 0.6 is 47.0 Å². The molecule has 1 amide bonds. The predicted molar refractivity (Wildman–Crippen MR) is 113 cm³/mol. The number of benzene rings is 2. The van der Waals surface area contributed by atoms with E-state index >= 15 is 0 Å². The van der Waals surface area contributed by atoms with Crippen LogP contribution in [-0.4, -0.2) is 21.0 Å². The Labute approximate surface area is 177 Å². The van der Waals surface area contributed by atoms with Crippen LogP contribution in [0.15, 0.2) is 42.5 Å². The summed E-state index contributed by atoms with van der Waals surface area (Å²) in [5, 5.41) is 8.25. The first-order chi connectivity index (χ1) is 12.6. The number of hydrogen-bond donors (Lipinski definition) is 3. The zero-order valence-electron chi connectivity index (χ0n) is 14.4. The first kappa shape index (κ1) is 21.7. The number of aryl methyl sites for hydroxylation is 2. The van der Waals surface area contributed by atoms with E-state index in [0.29, 0.717) is 0 Å². The molecular weight excluding hydrogens is 432 g/mol. The lowest BCUT2D eigenvalue weighted by Gasteiger charge is -2.28. The monoisotopic (exact) mass is 447 g/mol. The second-order valence-corrected chi connectivity index (χ2v) is 8.60. The molecule has 0 saturated carbocycles. The summed E-state index contributed by atoms with van der Waals surface area (Å²) in [6.07, 6.45) is -1.19. The molecule has 2 rings (SSSR count). The summed E-state index contributed by atoms with van der Waals surface area (Å²) >= 11 is 23.0. The molecule has 0 saturated heterocycles. The maximum atomic E-state index is 13.8. The minimum Gasteiger partial charge on any atom is -0.339 e. The second kappa shape index (κ2) is 9.06. The van der Waals surface area contributed by atoms with E-state index in [1.165, 1.54) is 24.3 Å². The molecule has 0 aliphatic carbocycles. The number of carbonyl (C=O) groups excluding carboxylic acids is 1. The Morgan fingerprint density at radius 3 is 2.33 bits per heavy atom. The molecule has 144 valence electrons. The van der Waals surface area contributed by atoms with Gasteiger partial charge in [-0.15, -0.1) is 0 Å². The lowest BCUT2D eigenvalue weighted by atomic mass is 10.1. The van der Waals surface area contributed by atoms with Crippen LogP contribution in [0.2, 0.25) is 0 Å². The highest BCUT2D eigenvalue weighted by atomic mass is 35.6. The Bertz CT molecular complexity index is 858. The summed E-state index contributed by atoms with van der Waals surface area (Å²) in [6, 6.07) is 11.2. The van der Waals surface area contributed by atoms with Crippen molar-refractivity contribution in [2.24, 2.45) is 0 Å². The number of hydrogen-bond acceptors (Lipinski definition) is 2. The number of carbonyl (C=O) groups is 1. The molecule has 2 aromatic rings. The van der Waals surface area contributed by atoms with Gasteiger partial charge in [0.05, 0.1) is 5.56 Å². The van der Waals surface area contributed by atoms with Gasteiger partial charge in [0.2, 0.25) is 3.79 Å². The molecule has 0 heterocycles. The third-order valence-electron chi connectivity index (χ3n) is 3.76. The minimum atomic E-state index is -1.93. The van der Waals surface area contributed by atoms with E-state index in [-0.39, 0.29) is 10.7 Å². The van der Waals surface area contributed by atoms with E-state index in [2.05, 4.69) is 16.0 Å². The summed E-state index contributed by atoms with van der Waals surface area (Å²) in [4.78, 5) is 12.3. The van der Waals surface area contributed by atoms with Crippen LogP contribution in [0.5, 0.6) is 0 Å². The van der Waals surface area contributed by atoms with Crippen molar-refractivity contribution in [2.75, 3.05) is 5.32 Å². The number of rotatable bonds is 4. The van der Waals surface area contributed by atoms with E-state index in [1.54, 1.807) is 0 Å². The molecule has 1 atom stereocenters. The van der Waals surface area contributed by atoms with E-state index in [1.807, 2.05) is 32.0 Å². The third-order valence-corrected chi connectivity index (χ3v) is 4.64. The molecule has 0 aromatic heterocycles. The van der Waals surface area contributed by atoms with Crippen molar-refractivity contribution in [1.29, 1.82) is 0 Å². The molecule has 0 fully saturated rings. The van der Waals surface area contributed by atoms with Gasteiger partial charge in [0.1, 0.15) is 12.0 Å². The lowest BCUT2D eigenvalue weighted by Crippen LogP contribution is -2.56. The molecule has 0 unspecified atom stereocenters. The second-order valence-electron chi connectivity index (χ2n) is 5.83. The molecular formula is C18H17Cl3FN3OS. The Hall–Kier alpha value is -1.60.